The minimum Gasteiger partial charge on any atom is -0.456 e. The maximum absolute atomic E-state index is 17.2. The summed E-state index contributed by atoms with van der Waals surface area (Å²) in [5.74, 6) is 1.22. The highest BCUT2D eigenvalue weighted by atomic mass is 19.1. The summed E-state index contributed by atoms with van der Waals surface area (Å²) in [6.45, 7) is 13.4. The lowest BCUT2D eigenvalue weighted by atomic mass is 9.33. The molecule has 1 aliphatic rings. The third kappa shape index (κ3) is 6.77. The van der Waals surface area contributed by atoms with Gasteiger partial charge in [0.25, 0.3) is 0 Å². The standard InChI is InChI=1S/C58H47BFNO/c1-36-29-38(3)56(39(4)30-36)59(57-40(5)31-37(2)32-41(57)6)51-28-27-48-47-26-25-46(35-54(47)62-53-24-16-23-49(51)55(48)53)61(45-21-14-9-15-22-45)58-50(43-19-12-8-13-20-43)33-44(34-52(58)60)42-17-10-7-11-18-42/h7-35H,1-6H3. The van der Waals surface area contributed by atoms with Crippen LogP contribution in [0, 0.1) is 47.4 Å². The molecule has 62 heavy (non-hydrogen) atoms. The Balaban J connectivity index is 1.16. The lowest BCUT2D eigenvalue weighted by molar-refractivity contribution is 0.487. The van der Waals surface area contributed by atoms with Gasteiger partial charge in [-0.1, -0.05) is 177 Å². The van der Waals surface area contributed by atoms with Gasteiger partial charge in [-0.2, -0.15) is 0 Å². The Morgan fingerprint density at radius 1 is 0.435 bits per heavy atom. The summed E-state index contributed by atoms with van der Waals surface area (Å²) in [4.78, 5) is 2.03. The van der Waals surface area contributed by atoms with Gasteiger partial charge in [-0.05, 0) is 112 Å². The lowest BCUT2D eigenvalue weighted by Gasteiger charge is -2.31. The number of benzene rings is 9. The van der Waals surface area contributed by atoms with Crippen LogP contribution in [0.2, 0.25) is 0 Å². The lowest BCUT2D eigenvalue weighted by Crippen LogP contribution is -2.56. The van der Waals surface area contributed by atoms with E-state index in [1.165, 1.54) is 55.2 Å². The summed E-state index contributed by atoms with van der Waals surface area (Å²) in [5, 5.41) is 2.28. The van der Waals surface area contributed by atoms with Crippen molar-refractivity contribution in [2.75, 3.05) is 4.90 Å². The zero-order chi connectivity index (χ0) is 42.6. The van der Waals surface area contributed by atoms with Crippen molar-refractivity contribution in [2.45, 2.75) is 41.5 Å². The van der Waals surface area contributed by atoms with E-state index in [0.29, 0.717) is 5.69 Å². The first-order valence-electron chi connectivity index (χ1n) is 21.5. The Morgan fingerprint density at radius 3 is 1.61 bits per heavy atom. The number of hydrogen-bond acceptors (Lipinski definition) is 2. The summed E-state index contributed by atoms with van der Waals surface area (Å²) >= 11 is 0. The largest absolute Gasteiger partial charge is 0.456 e. The second-order valence-corrected chi connectivity index (χ2v) is 17.0. The minimum absolute atomic E-state index is 0.0192. The van der Waals surface area contributed by atoms with Gasteiger partial charge in [0.15, 0.2) is 0 Å². The average Bonchev–Trinajstić information content (AvgIpc) is 3.27. The normalized spacial score (nSPS) is 11.6. The molecule has 9 aromatic rings. The zero-order valence-electron chi connectivity index (χ0n) is 36.1. The molecule has 4 heteroatoms. The molecular weight excluding hydrogens is 756 g/mol. The van der Waals surface area contributed by atoms with E-state index in [4.69, 9.17) is 4.74 Å². The van der Waals surface area contributed by atoms with Crippen LogP contribution in [0.1, 0.15) is 33.4 Å². The summed E-state index contributed by atoms with van der Waals surface area (Å²) in [6.07, 6.45) is 0. The number of halogens is 1. The van der Waals surface area contributed by atoms with Crippen molar-refractivity contribution in [3.63, 3.8) is 0 Å². The third-order valence-corrected chi connectivity index (χ3v) is 12.6. The summed E-state index contributed by atoms with van der Waals surface area (Å²) in [6, 6.07) is 60.6. The third-order valence-electron chi connectivity index (χ3n) is 12.6. The summed E-state index contributed by atoms with van der Waals surface area (Å²) in [5.41, 5.74) is 19.4. The Bertz CT molecular complexity index is 3070. The maximum Gasteiger partial charge on any atom is 0.243 e. The first kappa shape index (κ1) is 39.0. The number of hydrogen-bond donors (Lipinski definition) is 0. The van der Waals surface area contributed by atoms with Crippen LogP contribution in [0.3, 0.4) is 0 Å². The van der Waals surface area contributed by atoms with Crippen molar-refractivity contribution < 1.29 is 9.13 Å². The van der Waals surface area contributed by atoms with Crippen LogP contribution >= 0.6 is 0 Å². The van der Waals surface area contributed by atoms with Gasteiger partial charge in [-0.25, -0.2) is 4.39 Å². The number of aryl methyl sites for hydroxylation is 6. The molecule has 0 bridgehead atoms. The van der Waals surface area contributed by atoms with Crippen molar-refractivity contribution in [2.24, 2.45) is 0 Å². The Hall–Kier alpha value is -7.17. The quantitative estimate of drug-likeness (QED) is 0.142. The molecule has 1 aliphatic heterocycles. The van der Waals surface area contributed by atoms with Crippen LogP contribution < -0.4 is 26.0 Å². The van der Waals surface area contributed by atoms with Crippen molar-refractivity contribution in [3.05, 3.63) is 215 Å². The molecule has 0 saturated heterocycles. The molecule has 10 rings (SSSR count). The maximum atomic E-state index is 17.2. The van der Waals surface area contributed by atoms with Gasteiger partial charge < -0.3 is 9.64 Å². The van der Waals surface area contributed by atoms with Crippen LogP contribution in [-0.4, -0.2) is 6.71 Å². The molecule has 9 aromatic carbocycles. The van der Waals surface area contributed by atoms with E-state index in [1.54, 1.807) is 6.07 Å². The highest BCUT2D eigenvalue weighted by Crippen LogP contribution is 2.50. The molecule has 0 fully saturated rings. The molecule has 0 amide bonds. The fourth-order valence-corrected chi connectivity index (χ4v) is 10.2. The molecule has 1 heterocycles. The summed E-state index contributed by atoms with van der Waals surface area (Å²) in [7, 11) is 0. The Kier molecular flexibility index (Phi) is 9.88. The van der Waals surface area contributed by atoms with Gasteiger partial charge in [0, 0.05) is 28.3 Å². The van der Waals surface area contributed by atoms with Crippen LogP contribution in [0.5, 0.6) is 11.5 Å². The molecule has 300 valence electrons. The van der Waals surface area contributed by atoms with Gasteiger partial charge in [-0.15, -0.1) is 0 Å². The van der Waals surface area contributed by atoms with Crippen LogP contribution in [0.4, 0.5) is 21.5 Å². The van der Waals surface area contributed by atoms with Crippen molar-refractivity contribution in [1.29, 1.82) is 0 Å². The van der Waals surface area contributed by atoms with E-state index in [9.17, 15) is 0 Å². The Morgan fingerprint density at radius 2 is 1.00 bits per heavy atom. The molecule has 0 radical (unpaired) electrons. The molecule has 0 aliphatic carbocycles. The monoisotopic (exact) mass is 803 g/mol. The molecule has 0 atom stereocenters. The zero-order valence-corrected chi connectivity index (χ0v) is 36.1. The van der Waals surface area contributed by atoms with Gasteiger partial charge in [0.2, 0.25) is 6.71 Å². The van der Waals surface area contributed by atoms with E-state index in [2.05, 4.69) is 120 Å². The minimum atomic E-state index is -0.317. The van der Waals surface area contributed by atoms with Gasteiger partial charge in [0.05, 0.1) is 11.4 Å². The second kappa shape index (κ2) is 15.7. The van der Waals surface area contributed by atoms with Crippen LogP contribution in [-0.2, 0) is 0 Å². The molecule has 2 nitrogen and oxygen atoms in total. The molecular formula is C58H47BFNO. The van der Waals surface area contributed by atoms with E-state index in [0.717, 1.165) is 61.6 Å². The fourth-order valence-electron chi connectivity index (χ4n) is 10.2. The Labute approximate surface area is 365 Å². The number of para-hydroxylation sites is 1. The SMILES string of the molecule is Cc1cc(C)c(B(c2c(C)cc(C)cc2C)c2ccc3c4c(cccc24)Oc2cc(N(c4ccccc4)c4c(F)cc(-c5ccccc5)cc4-c4ccccc4)ccc2-3)c(C)c1. The van der Waals surface area contributed by atoms with Crippen molar-refractivity contribution in [3.8, 4) is 44.9 Å². The molecule has 0 unspecified atom stereocenters. The summed E-state index contributed by atoms with van der Waals surface area (Å²) < 4.78 is 24.2. The van der Waals surface area contributed by atoms with E-state index in [1.807, 2.05) is 95.9 Å². The first-order valence-corrected chi connectivity index (χ1v) is 21.5. The predicted octanol–water partition coefficient (Wildman–Crippen LogP) is 13.9. The average molecular weight is 804 g/mol. The van der Waals surface area contributed by atoms with E-state index < -0.39 is 0 Å². The fraction of sp³-hybridized carbons (Fsp3) is 0.103. The highest BCUT2D eigenvalue weighted by Gasteiger charge is 2.32. The number of anilines is 3. The molecule has 0 N–H and O–H groups in total. The topological polar surface area (TPSA) is 12.5 Å². The smallest absolute Gasteiger partial charge is 0.243 e. The second-order valence-electron chi connectivity index (χ2n) is 17.0. The van der Waals surface area contributed by atoms with Crippen molar-refractivity contribution in [1.82, 2.24) is 0 Å². The van der Waals surface area contributed by atoms with Crippen LogP contribution in [0.15, 0.2) is 176 Å². The first-order chi connectivity index (χ1) is 30.1. The van der Waals surface area contributed by atoms with E-state index in [-0.39, 0.29) is 12.5 Å². The predicted molar refractivity (Wildman–Crippen MR) is 261 cm³/mol. The number of ether oxygens (including phenoxy) is 1. The van der Waals surface area contributed by atoms with Crippen LogP contribution in [0.25, 0.3) is 44.2 Å². The van der Waals surface area contributed by atoms with E-state index >= 15 is 4.39 Å². The van der Waals surface area contributed by atoms with Crippen molar-refractivity contribution >= 4 is 50.9 Å². The van der Waals surface area contributed by atoms with Gasteiger partial charge >= 0.3 is 0 Å². The van der Waals surface area contributed by atoms with Gasteiger partial charge in [0.1, 0.15) is 17.3 Å². The molecule has 0 spiro atoms. The number of rotatable bonds is 8. The molecule has 0 saturated carbocycles. The number of nitrogens with zero attached hydrogens (tertiary/aromatic N) is 1. The van der Waals surface area contributed by atoms with Gasteiger partial charge in [-0.3, -0.25) is 0 Å². The number of fused-ring (bicyclic) bond motifs is 2. The highest BCUT2D eigenvalue weighted by molar-refractivity contribution is 6.98. The molecule has 0 aromatic heterocycles.